The maximum Gasteiger partial charge on any atom is 0.123 e. The Balaban J connectivity index is 2.17. The van der Waals surface area contributed by atoms with Crippen molar-refractivity contribution in [3.05, 3.63) is 64.4 Å². The normalized spacial score (nSPS) is 11.7. The molecule has 96 valence electrons. The highest BCUT2D eigenvalue weighted by Gasteiger charge is 2.07. The fraction of sp³-hybridized carbons (Fsp3) is 0.133. The number of anilines is 1. The Kier molecular flexibility index (Phi) is 4.03. The van der Waals surface area contributed by atoms with Gasteiger partial charge in [-0.05, 0) is 42.8 Å². The SMILES string of the molecule is CC(Nc1ccc(Cl)c(C#N)c1)c1ccc(F)cc1. The maximum atomic E-state index is 12.8. The summed E-state index contributed by atoms with van der Waals surface area (Å²) in [7, 11) is 0. The van der Waals surface area contributed by atoms with Gasteiger partial charge in [-0.3, -0.25) is 0 Å². The van der Waals surface area contributed by atoms with Gasteiger partial charge >= 0.3 is 0 Å². The molecule has 19 heavy (non-hydrogen) atoms. The van der Waals surface area contributed by atoms with E-state index in [1.165, 1.54) is 12.1 Å². The monoisotopic (exact) mass is 274 g/mol. The third-order valence-electron chi connectivity index (χ3n) is 2.84. The minimum Gasteiger partial charge on any atom is -0.378 e. The van der Waals surface area contributed by atoms with E-state index in [2.05, 4.69) is 5.32 Å². The van der Waals surface area contributed by atoms with Crippen LogP contribution in [0.5, 0.6) is 0 Å². The molecule has 0 saturated carbocycles. The van der Waals surface area contributed by atoms with Crippen LogP contribution in [0.2, 0.25) is 5.02 Å². The Morgan fingerprint density at radius 1 is 1.21 bits per heavy atom. The molecule has 0 amide bonds. The molecule has 0 fully saturated rings. The van der Waals surface area contributed by atoms with Crippen molar-refractivity contribution in [2.45, 2.75) is 13.0 Å². The molecule has 4 heteroatoms. The maximum absolute atomic E-state index is 12.8. The first-order valence-corrected chi connectivity index (χ1v) is 6.19. The third-order valence-corrected chi connectivity index (χ3v) is 3.17. The predicted molar refractivity (Wildman–Crippen MR) is 74.6 cm³/mol. The summed E-state index contributed by atoms with van der Waals surface area (Å²) in [5.74, 6) is -0.255. The molecule has 2 nitrogen and oxygen atoms in total. The quantitative estimate of drug-likeness (QED) is 0.893. The van der Waals surface area contributed by atoms with Crippen LogP contribution in [-0.2, 0) is 0 Å². The number of nitrogens with zero attached hydrogens (tertiary/aromatic N) is 1. The molecule has 0 spiro atoms. The third kappa shape index (κ3) is 3.24. The van der Waals surface area contributed by atoms with Crippen molar-refractivity contribution < 1.29 is 4.39 Å². The van der Waals surface area contributed by atoms with E-state index in [0.717, 1.165) is 11.3 Å². The molecule has 2 aromatic carbocycles. The van der Waals surface area contributed by atoms with Crippen molar-refractivity contribution in [3.63, 3.8) is 0 Å². The summed E-state index contributed by atoms with van der Waals surface area (Å²) in [4.78, 5) is 0. The summed E-state index contributed by atoms with van der Waals surface area (Å²) in [6.45, 7) is 1.97. The van der Waals surface area contributed by atoms with Crippen LogP contribution in [0.15, 0.2) is 42.5 Å². The van der Waals surface area contributed by atoms with Crippen molar-refractivity contribution in [1.29, 1.82) is 5.26 Å². The van der Waals surface area contributed by atoms with Crippen molar-refractivity contribution in [1.82, 2.24) is 0 Å². The van der Waals surface area contributed by atoms with E-state index in [4.69, 9.17) is 16.9 Å². The Hall–Kier alpha value is -2.05. The van der Waals surface area contributed by atoms with Gasteiger partial charge in [0, 0.05) is 11.7 Å². The molecule has 1 atom stereocenters. The predicted octanol–water partition coefficient (Wildman–Crippen LogP) is 4.52. The lowest BCUT2D eigenvalue weighted by Gasteiger charge is -2.16. The van der Waals surface area contributed by atoms with Gasteiger partial charge in [0.2, 0.25) is 0 Å². The molecule has 2 rings (SSSR count). The van der Waals surface area contributed by atoms with Gasteiger partial charge in [0.05, 0.1) is 10.6 Å². The van der Waals surface area contributed by atoms with Crippen LogP contribution >= 0.6 is 11.6 Å². The zero-order valence-corrected chi connectivity index (χ0v) is 11.1. The van der Waals surface area contributed by atoms with E-state index in [-0.39, 0.29) is 11.9 Å². The Bertz CT molecular complexity index is 617. The summed E-state index contributed by atoms with van der Waals surface area (Å²) in [6, 6.07) is 13.5. The lowest BCUT2D eigenvalue weighted by Crippen LogP contribution is -2.06. The van der Waals surface area contributed by atoms with E-state index < -0.39 is 0 Å². The fourth-order valence-electron chi connectivity index (χ4n) is 1.79. The topological polar surface area (TPSA) is 35.8 Å². The van der Waals surface area contributed by atoms with E-state index in [9.17, 15) is 4.39 Å². The van der Waals surface area contributed by atoms with E-state index in [1.54, 1.807) is 24.3 Å². The number of nitrogens with one attached hydrogen (secondary N) is 1. The summed E-state index contributed by atoms with van der Waals surface area (Å²) in [5.41, 5.74) is 2.20. The van der Waals surface area contributed by atoms with E-state index in [1.807, 2.05) is 19.1 Å². The summed E-state index contributed by atoms with van der Waals surface area (Å²) in [6.07, 6.45) is 0. The smallest absolute Gasteiger partial charge is 0.123 e. The summed E-state index contributed by atoms with van der Waals surface area (Å²) >= 11 is 5.88. The van der Waals surface area contributed by atoms with Gasteiger partial charge in [0.15, 0.2) is 0 Å². The lowest BCUT2D eigenvalue weighted by atomic mass is 10.1. The zero-order valence-electron chi connectivity index (χ0n) is 10.3. The molecule has 0 saturated heterocycles. The zero-order chi connectivity index (χ0) is 13.8. The Morgan fingerprint density at radius 3 is 2.53 bits per heavy atom. The highest BCUT2D eigenvalue weighted by Crippen LogP contribution is 2.23. The van der Waals surface area contributed by atoms with Crippen molar-refractivity contribution in [2.24, 2.45) is 0 Å². The Labute approximate surface area is 116 Å². The molecule has 0 aliphatic rings. The van der Waals surface area contributed by atoms with Crippen LogP contribution < -0.4 is 5.32 Å². The van der Waals surface area contributed by atoms with Crippen LogP contribution in [-0.4, -0.2) is 0 Å². The molecule has 0 bridgehead atoms. The average Bonchev–Trinajstić information content (AvgIpc) is 2.41. The van der Waals surface area contributed by atoms with Gasteiger partial charge in [-0.15, -0.1) is 0 Å². The van der Waals surface area contributed by atoms with Gasteiger partial charge < -0.3 is 5.32 Å². The second-order valence-corrected chi connectivity index (χ2v) is 4.63. The molecular formula is C15H12ClFN2. The van der Waals surface area contributed by atoms with Crippen LogP contribution in [0.25, 0.3) is 0 Å². The Morgan fingerprint density at radius 2 is 1.89 bits per heavy atom. The molecule has 1 unspecified atom stereocenters. The highest BCUT2D eigenvalue weighted by molar-refractivity contribution is 6.31. The number of rotatable bonds is 3. The number of halogens is 2. The van der Waals surface area contributed by atoms with Crippen LogP contribution in [0.3, 0.4) is 0 Å². The average molecular weight is 275 g/mol. The van der Waals surface area contributed by atoms with Crippen LogP contribution in [0.4, 0.5) is 10.1 Å². The molecule has 0 aliphatic carbocycles. The summed E-state index contributed by atoms with van der Waals surface area (Å²) in [5, 5.41) is 12.6. The molecule has 0 aromatic heterocycles. The van der Waals surface area contributed by atoms with E-state index in [0.29, 0.717) is 10.6 Å². The summed E-state index contributed by atoms with van der Waals surface area (Å²) < 4.78 is 12.8. The lowest BCUT2D eigenvalue weighted by molar-refractivity contribution is 0.626. The number of hydrogen-bond acceptors (Lipinski definition) is 2. The molecule has 0 aliphatic heterocycles. The van der Waals surface area contributed by atoms with Gasteiger partial charge in [-0.25, -0.2) is 4.39 Å². The van der Waals surface area contributed by atoms with Gasteiger partial charge in [-0.1, -0.05) is 23.7 Å². The van der Waals surface area contributed by atoms with Gasteiger partial charge in [-0.2, -0.15) is 5.26 Å². The standard InChI is InChI=1S/C15H12ClFN2/c1-10(11-2-4-13(17)5-3-11)19-14-6-7-15(16)12(8-14)9-18/h2-8,10,19H,1H3. The van der Waals surface area contributed by atoms with Crippen molar-refractivity contribution in [3.8, 4) is 6.07 Å². The minimum atomic E-state index is -0.255. The number of hydrogen-bond donors (Lipinski definition) is 1. The molecular weight excluding hydrogens is 263 g/mol. The molecule has 0 heterocycles. The first-order chi connectivity index (χ1) is 9.10. The van der Waals surface area contributed by atoms with Crippen LogP contribution in [0.1, 0.15) is 24.1 Å². The minimum absolute atomic E-state index is 0.00770. The fourth-order valence-corrected chi connectivity index (χ4v) is 1.95. The van der Waals surface area contributed by atoms with Gasteiger partial charge in [0.1, 0.15) is 11.9 Å². The van der Waals surface area contributed by atoms with E-state index >= 15 is 0 Å². The number of nitriles is 1. The van der Waals surface area contributed by atoms with Gasteiger partial charge in [0.25, 0.3) is 0 Å². The molecule has 1 N–H and O–H groups in total. The first-order valence-electron chi connectivity index (χ1n) is 5.82. The van der Waals surface area contributed by atoms with Crippen LogP contribution in [0, 0.1) is 17.1 Å². The molecule has 0 radical (unpaired) electrons. The first kappa shape index (κ1) is 13.4. The second kappa shape index (κ2) is 5.73. The number of benzene rings is 2. The largest absolute Gasteiger partial charge is 0.378 e. The highest BCUT2D eigenvalue weighted by atomic mass is 35.5. The second-order valence-electron chi connectivity index (χ2n) is 4.22. The van der Waals surface area contributed by atoms with Crippen molar-refractivity contribution >= 4 is 17.3 Å². The van der Waals surface area contributed by atoms with Crippen molar-refractivity contribution in [2.75, 3.05) is 5.32 Å². The molecule has 2 aromatic rings.